The first-order chi connectivity index (χ1) is 9.17. The number of aliphatic hydroxyl groups excluding tert-OH is 1. The zero-order chi connectivity index (χ0) is 13.8. The van der Waals surface area contributed by atoms with E-state index in [1.54, 1.807) is 13.0 Å². The van der Waals surface area contributed by atoms with Gasteiger partial charge in [0.1, 0.15) is 0 Å². The van der Waals surface area contributed by atoms with Crippen LogP contribution in [0.1, 0.15) is 56.8 Å². The summed E-state index contributed by atoms with van der Waals surface area (Å²) in [6, 6.07) is 8.39. The molecule has 1 aliphatic rings. The van der Waals surface area contributed by atoms with Crippen molar-refractivity contribution >= 4 is 5.69 Å². The average Bonchev–Trinajstić information content (AvgIpc) is 3.23. The zero-order valence-electron chi connectivity index (χ0n) is 11.8. The lowest BCUT2D eigenvalue weighted by Crippen LogP contribution is -2.28. The Morgan fingerprint density at radius 3 is 2.74 bits per heavy atom. The molecule has 3 heteroatoms. The Balaban J connectivity index is 2.35. The molecule has 1 aliphatic carbocycles. The summed E-state index contributed by atoms with van der Waals surface area (Å²) in [5.41, 5.74) is 2.65. The van der Waals surface area contributed by atoms with Crippen LogP contribution in [-0.4, -0.2) is 17.7 Å². The fourth-order valence-electron chi connectivity index (χ4n) is 2.43. The van der Waals surface area contributed by atoms with Crippen LogP contribution < -0.4 is 4.90 Å². The number of hydrogen-bond acceptors (Lipinski definition) is 3. The van der Waals surface area contributed by atoms with Gasteiger partial charge in [-0.25, -0.2) is 0 Å². The Labute approximate surface area is 115 Å². The number of aliphatic hydroxyl groups is 1. The van der Waals surface area contributed by atoms with Crippen LogP contribution >= 0.6 is 0 Å². The molecule has 2 rings (SSSR count). The van der Waals surface area contributed by atoms with Crippen molar-refractivity contribution in [1.29, 1.82) is 5.26 Å². The van der Waals surface area contributed by atoms with Gasteiger partial charge < -0.3 is 10.0 Å². The molecule has 1 fully saturated rings. The zero-order valence-corrected chi connectivity index (χ0v) is 11.8. The van der Waals surface area contributed by atoms with Crippen molar-refractivity contribution in [3.8, 4) is 6.07 Å². The fourth-order valence-corrected chi connectivity index (χ4v) is 2.43. The summed E-state index contributed by atoms with van der Waals surface area (Å²) in [4.78, 5) is 2.38. The van der Waals surface area contributed by atoms with Gasteiger partial charge in [-0.3, -0.25) is 0 Å². The molecule has 0 saturated heterocycles. The SMILES string of the molecule is CCCCN(c1cc(C#N)ccc1C(C)O)C1CC1. The van der Waals surface area contributed by atoms with Crippen LogP contribution in [-0.2, 0) is 0 Å². The van der Waals surface area contributed by atoms with Crippen LogP contribution in [0.3, 0.4) is 0 Å². The van der Waals surface area contributed by atoms with Crippen LogP contribution in [0.25, 0.3) is 0 Å². The Morgan fingerprint density at radius 2 is 2.21 bits per heavy atom. The lowest BCUT2D eigenvalue weighted by molar-refractivity contribution is 0.199. The molecule has 1 aromatic rings. The standard InChI is InChI=1S/C16H22N2O/c1-3-4-9-18(14-6-7-14)16-10-13(11-17)5-8-15(16)12(2)19/h5,8,10,12,14,19H,3-4,6-7,9H2,1-2H3. The maximum absolute atomic E-state index is 9.94. The molecule has 0 heterocycles. The highest BCUT2D eigenvalue weighted by Gasteiger charge is 2.30. The predicted octanol–water partition coefficient (Wildman–Crippen LogP) is 3.38. The summed E-state index contributed by atoms with van der Waals surface area (Å²) in [5.74, 6) is 0. The topological polar surface area (TPSA) is 47.3 Å². The molecule has 1 saturated carbocycles. The molecular weight excluding hydrogens is 236 g/mol. The Hall–Kier alpha value is -1.53. The number of nitriles is 1. The van der Waals surface area contributed by atoms with Crippen LogP contribution in [0.2, 0.25) is 0 Å². The summed E-state index contributed by atoms with van der Waals surface area (Å²) in [7, 11) is 0. The smallest absolute Gasteiger partial charge is 0.0992 e. The second-order valence-electron chi connectivity index (χ2n) is 5.34. The van der Waals surface area contributed by atoms with Gasteiger partial charge in [-0.15, -0.1) is 0 Å². The number of benzene rings is 1. The number of rotatable bonds is 6. The first kappa shape index (κ1) is 13.9. The van der Waals surface area contributed by atoms with E-state index in [4.69, 9.17) is 5.26 Å². The molecule has 0 spiro atoms. The van der Waals surface area contributed by atoms with Crippen LogP contribution in [0.4, 0.5) is 5.69 Å². The molecule has 0 aromatic heterocycles. The third kappa shape index (κ3) is 3.27. The van der Waals surface area contributed by atoms with Gasteiger partial charge in [0.05, 0.1) is 17.7 Å². The normalized spacial score (nSPS) is 15.9. The molecule has 0 amide bonds. The summed E-state index contributed by atoms with van der Waals surface area (Å²) in [6.07, 6.45) is 4.25. The van der Waals surface area contributed by atoms with E-state index in [1.165, 1.54) is 12.8 Å². The summed E-state index contributed by atoms with van der Waals surface area (Å²) in [5, 5.41) is 19.0. The van der Waals surface area contributed by atoms with Crippen molar-refractivity contribution in [3.05, 3.63) is 29.3 Å². The lowest BCUT2D eigenvalue weighted by Gasteiger charge is -2.28. The Bertz CT molecular complexity index is 472. The number of nitrogens with zero attached hydrogens (tertiary/aromatic N) is 2. The van der Waals surface area contributed by atoms with E-state index >= 15 is 0 Å². The van der Waals surface area contributed by atoms with Crippen LogP contribution in [0, 0.1) is 11.3 Å². The quantitative estimate of drug-likeness (QED) is 0.851. The molecule has 1 aromatic carbocycles. The minimum absolute atomic E-state index is 0.495. The lowest BCUT2D eigenvalue weighted by atomic mass is 10.0. The summed E-state index contributed by atoms with van der Waals surface area (Å²) >= 11 is 0. The monoisotopic (exact) mass is 258 g/mol. The number of unbranched alkanes of at least 4 members (excludes halogenated alkanes) is 1. The van der Waals surface area contributed by atoms with Gasteiger partial charge in [-0.2, -0.15) is 5.26 Å². The van der Waals surface area contributed by atoms with Gasteiger partial charge in [0.15, 0.2) is 0 Å². The van der Waals surface area contributed by atoms with Gasteiger partial charge in [0.2, 0.25) is 0 Å². The average molecular weight is 258 g/mol. The van der Waals surface area contributed by atoms with Crippen molar-refractivity contribution < 1.29 is 5.11 Å². The Morgan fingerprint density at radius 1 is 1.47 bits per heavy atom. The molecule has 19 heavy (non-hydrogen) atoms. The van der Waals surface area contributed by atoms with E-state index in [2.05, 4.69) is 17.9 Å². The number of hydrogen-bond donors (Lipinski definition) is 1. The van der Waals surface area contributed by atoms with Crippen molar-refractivity contribution in [1.82, 2.24) is 0 Å². The second-order valence-corrected chi connectivity index (χ2v) is 5.34. The van der Waals surface area contributed by atoms with E-state index in [9.17, 15) is 5.11 Å². The van der Waals surface area contributed by atoms with Gasteiger partial charge in [0.25, 0.3) is 0 Å². The molecule has 0 aliphatic heterocycles. The van der Waals surface area contributed by atoms with Gasteiger partial charge in [-0.05, 0) is 38.3 Å². The van der Waals surface area contributed by atoms with E-state index in [-0.39, 0.29) is 0 Å². The minimum atomic E-state index is -0.495. The first-order valence-corrected chi connectivity index (χ1v) is 7.16. The van der Waals surface area contributed by atoms with E-state index in [1.807, 2.05) is 12.1 Å². The molecule has 1 N–H and O–H groups in total. The van der Waals surface area contributed by atoms with Crippen molar-refractivity contribution in [2.75, 3.05) is 11.4 Å². The van der Waals surface area contributed by atoms with Crippen molar-refractivity contribution in [3.63, 3.8) is 0 Å². The summed E-state index contributed by atoms with van der Waals surface area (Å²) < 4.78 is 0. The molecule has 3 nitrogen and oxygen atoms in total. The third-order valence-corrected chi connectivity index (χ3v) is 3.66. The fraction of sp³-hybridized carbons (Fsp3) is 0.562. The largest absolute Gasteiger partial charge is 0.389 e. The summed E-state index contributed by atoms with van der Waals surface area (Å²) in [6.45, 7) is 4.98. The van der Waals surface area contributed by atoms with E-state index in [0.29, 0.717) is 11.6 Å². The molecule has 1 unspecified atom stereocenters. The highest BCUT2D eigenvalue weighted by Crippen LogP contribution is 2.36. The minimum Gasteiger partial charge on any atom is -0.389 e. The maximum atomic E-state index is 9.94. The van der Waals surface area contributed by atoms with Crippen LogP contribution in [0.15, 0.2) is 18.2 Å². The van der Waals surface area contributed by atoms with Crippen molar-refractivity contribution in [2.45, 2.75) is 51.7 Å². The van der Waals surface area contributed by atoms with Gasteiger partial charge >= 0.3 is 0 Å². The predicted molar refractivity (Wildman–Crippen MR) is 77.1 cm³/mol. The molecular formula is C16H22N2O. The van der Waals surface area contributed by atoms with E-state index < -0.39 is 6.10 Å². The number of anilines is 1. The van der Waals surface area contributed by atoms with Crippen molar-refractivity contribution in [2.24, 2.45) is 0 Å². The highest BCUT2D eigenvalue weighted by molar-refractivity contribution is 5.59. The molecule has 0 bridgehead atoms. The second kappa shape index (κ2) is 6.08. The Kier molecular flexibility index (Phi) is 4.44. The van der Waals surface area contributed by atoms with Gasteiger partial charge in [-0.1, -0.05) is 19.4 Å². The maximum Gasteiger partial charge on any atom is 0.0992 e. The molecule has 0 radical (unpaired) electrons. The first-order valence-electron chi connectivity index (χ1n) is 7.16. The van der Waals surface area contributed by atoms with Crippen LogP contribution in [0.5, 0.6) is 0 Å². The van der Waals surface area contributed by atoms with Gasteiger partial charge in [0, 0.05) is 23.8 Å². The molecule has 1 atom stereocenters. The van der Waals surface area contributed by atoms with E-state index in [0.717, 1.165) is 30.6 Å². The molecule has 102 valence electrons. The highest BCUT2D eigenvalue weighted by atomic mass is 16.3. The third-order valence-electron chi connectivity index (χ3n) is 3.66.